The minimum Gasteiger partial charge on any atom is -0.481 e. The van der Waals surface area contributed by atoms with Crippen LogP contribution in [-0.2, 0) is 11.2 Å². The van der Waals surface area contributed by atoms with Gasteiger partial charge in [-0.2, -0.15) is 4.98 Å². The number of rotatable bonds is 5. The summed E-state index contributed by atoms with van der Waals surface area (Å²) in [7, 11) is 0. The van der Waals surface area contributed by atoms with E-state index >= 15 is 0 Å². The molecule has 1 aromatic carbocycles. The van der Waals surface area contributed by atoms with Crippen molar-refractivity contribution < 1.29 is 18.7 Å². The first-order chi connectivity index (χ1) is 12.9. The number of carboxylic acid groups (broad SMARTS) is 1. The fourth-order valence-electron chi connectivity index (χ4n) is 3.01. The van der Waals surface area contributed by atoms with Gasteiger partial charge in [0.15, 0.2) is 0 Å². The molecule has 3 heterocycles. The third kappa shape index (κ3) is 3.30. The smallest absolute Gasteiger partial charge is 0.308 e. The van der Waals surface area contributed by atoms with Gasteiger partial charge in [0.2, 0.25) is 5.95 Å². The molecule has 2 N–H and O–H groups in total. The molecule has 0 saturated carbocycles. The molecule has 1 fully saturated rings. The molecular formula is C18H16F2N4O2S. The highest BCUT2D eigenvalue weighted by Crippen LogP contribution is 2.33. The van der Waals surface area contributed by atoms with Crippen molar-refractivity contribution in [1.82, 2.24) is 9.97 Å². The summed E-state index contributed by atoms with van der Waals surface area (Å²) in [6, 6.07) is 4.35. The Hall–Kier alpha value is -2.81. The quantitative estimate of drug-likeness (QED) is 0.687. The van der Waals surface area contributed by atoms with Crippen molar-refractivity contribution in [3.63, 3.8) is 0 Å². The Morgan fingerprint density at radius 1 is 1.37 bits per heavy atom. The van der Waals surface area contributed by atoms with Crippen molar-refractivity contribution in [3.05, 3.63) is 40.8 Å². The molecule has 0 bridgehead atoms. The summed E-state index contributed by atoms with van der Waals surface area (Å²) in [5.74, 6) is -2.08. The van der Waals surface area contributed by atoms with Crippen LogP contribution >= 0.6 is 11.3 Å². The minimum absolute atomic E-state index is 0.160. The van der Waals surface area contributed by atoms with E-state index in [2.05, 4.69) is 27.1 Å². The van der Waals surface area contributed by atoms with E-state index in [1.807, 2.05) is 11.4 Å². The highest BCUT2D eigenvalue weighted by molar-refractivity contribution is 7.16. The zero-order chi connectivity index (χ0) is 19.1. The molecule has 0 unspecified atom stereocenters. The summed E-state index contributed by atoms with van der Waals surface area (Å²) in [5, 5.41) is 14.4. The van der Waals surface area contributed by atoms with Gasteiger partial charge in [0.25, 0.3) is 0 Å². The summed E-state index contributed by atoms with van der Waals surface area (Å²) < 4.78 is 28.3. The van der Waals surface area contributed by atoms with E-state index in [4.69, 9.17) is 5.11 Å². The zero-order valence-electron chi connectivity index (χ0n) is 14.4. The maximum Gasteiger partial charge on any atom is 0.308 e. The van der Waals surface area contributed by atoms with Gasteiger partial charge in [0.1, 0.15) is 22.3 Å². The van der Waals surface area contributed by atoms with E-state index in [-0.39, 0.29) is 5.69 Å². The summed E-state index contributed by atoms with van der Waals surface area (Å²) in [6.45, 7) is 2.95. The Morgan fingerprint density at radius 2 is 2.11 bits per heavy atom. The standard InChI is InChI=1S/C18H16F2N4O2S/c1-9-2-4-24(9)18-22-16(11-3-5-27-17(11)23-18)21-10-6-13(19)12(8-15(25)26)14(20)7-10/h3,5-7,9H,2,4,8H2,1H3,(H,25,26)(H,21,22,23)/t9-/m0/s1. The Labute approximate surface area is 157 Å². The molecule has 1 aliphatic rings. The van der Waals surface area contributed by atoms with E-state index < -0.39 is 29.6 Å². The largest absolute Gasteiger partial charge is 0.481 e. The molecule has 0 spiro atoms. The van der Waals surface area contributed by atoms with Gasteiger partial charge in [-0.3, -0.25) is 4.79 Å². The number of benzene rings is 1. The highest BCUT2D eigenvalue weighted by atomic mass is 32.1. The van der Waals surface area contributed by atoms with Crippen molar-refractivity contribution in [1.29, 1.82) is 0 Å². The number of aromatic nitrogens is 2. The van der Waals surface area contributed by atoms with Gasteiger partial charge in [-0.15, -0.1) is 11.3 Å². The maximum absolute atomic E-state index is 14.2. The number of thiophene rings is 1. The van der Waals surface area contributed by atoms with Crippen LogP contribution in [0.25, 0.3) is 10.2 Å². The van der Waals surface area contributed by atoms with Crippen LogP contribution in [0.15, 0.2) is 23.6 Å². The molecule has 0 amide bonds. The van der Waals surface area contributed by atoms with Crippen LogP contribution in [0.3, 0.4) is 0 Å². The first-order valence-electron chi connectivity index (χ1n) is 8.41. The SMILES string of the molecule is C[C@H]1CCN1c1nc(Nc2cc(F)c(CC(=O)O)c(F)c2)c2ccsc2n1. The fraction of sp³-hybridized carbons (Fsp3) is 0.278. The molecule has 140 valence electrons. The van der Waals surface area contributed by atoms with E-state index in [0.717, 1.165) is 35.3 Å². The van der Waals surface area contributed by atoms with Gasteiger partial charge in [0, 0.05) is 23.8 Å². The molecule has 0 aliphatic carbocycles. The molecule has 2 aromatic heterocycles. The summed E-state index contributed by atoms with van der Waals surface area (Å²) in [4.78, 5) is 22.7. The minimum atomic E-state index is -1.29. The van der Waals surface area contributed by atoms with Gasteiger partial charge in [-0.25, -0.2) is 13.8 Å². The Bertz CT molecular complexity index is 1020. The Balaban J connectivity index is 1.71. The van der Waals surface area contributed by atoms with Crippen LogP contribution in [-0.4, -0.2) is 33.6 Å². The van der Waals surface area contributed by atoms with Gasteiger partial charge < -0.3 is 15.3 Å². The molecule has 9 heteroatoms. The fourth-order valence-corrected chi connectivity index (χ4v) is 3.77. The number of carboxylic acids is 1. The van der Waals surface area contributed by atoms with Gasteiger partial charge in [-0.05, 0) is 36.9 Å². The predicted octanol–water partition coefficient (Wildman–Crippen LogP) is 3.94. The molecule has 27 heavy (non-hydrogen) atoms. The number of hydrogen-bond donors (Lipinski definition) is 2. The van der Waals surface area contributed by atoms with Crippen LogP contribution in [0, 0.1) is 11.6 Å². The Morgan fingerprint density at radius 3 is 2.70 bits per heavy atom. The number of aliphatic carboxylic acids is 1. The number of fused-ring (bicyclic) bond motifs is 1. The van der Waals surface area contributed by atoms with Crippen molar-refractivity contribution in [2.75, 3.05) is 16.8 Å². The third-order valence-electron chi connectivity index (χ3n) is 4.62. The van der Waals surface area contributed by atoms with E-state index in [1.165, 1.54) is 11.3 Å². The third-order valence-corrected chi connectivity index (χ3v) is 5.43. The summed E-state index contributed by atoms with van der Waals surface area (Å²) >= 11 is 1.46. The summed E-state index contributed by atoms with van der Waals surface area (Å²) in [5.41, 5.74) is -0.306. The maximum atomic E-state index is 14.2. The number of anilines is 3. The molecule has 6 nitrogen and oxygen atoms in total. The van der Waals surface area contributed by atoms with E-state index in [9.17, 15) is 13.6 Å². The van der Waals surface area contributed by atoms with Gasteiger partial charge in [-0.1, -0.05) is 0 Å². The average molecular weight is 390 g/mol. The molecule has 0 radical (unpaired) electrons. The molecule has 4 rings (SSSR count). The highest BCUT2D eigenvalue weighted by Gasteiger charge is 2.27. The van der Waals surface area contributed by atoms with E-state index in [1.54, 1.807) is 0 Å². The first-order valence-corrected chi connectivity index (χ1v) is 9.29. The Kier molecular flexibility index (Phi) is 4.39. The lowest BCUT2D eigenvalue weighted by Gasteiger charge is -2.38. The predicted molar refractivity (Wildman–Crippen MR) is 99.8 cm³/mol. The molecular weight excluding hydrogens is 374 g/mol. The van der Waals surface area contributed by atoms with Crippen molar-refractivity contribution in [2.45, 2.75) is 25.8 Å². The lowest BCUT2D eigenvalue weighted by atomic mass is 10.1. The van der Waals surface area contributed by atoms with E-state index in [0.29, 0.717) is 17.8 Å². The zero-order valence-corrected chi connectivity index (χ0v) is 15.2. The number of halogens is 2. The average Bonchev–Trinajstić information content (AvgIpc) is 3.05. The number of hydrogen-bond acceptors (Lipinski definition) is 6. The molecule has 1 aliphatic heterocycles. The second kappa shape index (κ2) is 6.73. The van der Waals surface area contributed by atoms with Crippen LogP contribution < -0.4 is 10.2 Å². The van der Waals surface area contributed by atoms with Crippen LogP contribution in [0.5, 0.6) is 0 Å². The van der Waals surface area contributed by atoms with Crippen molar-refractivity contribution in [3.8, 4) is 0 Å². The molecule has 1 atom stereocenters. The number of carbonyl (C=O) groups is 1. The van der Waals surface area contributed by atoms with Crippen LogP contribution in [0.1, 0.15) is 18.9 Å². The van der Waals surface area contributed by atoms with Crippen LogP contribution in [0.2, 0.25) is 0 Å². The first kappa shape index (κ1) is 17.6. The van der Waals surface area contributed by atoms with Gasteiger partial charge >= 0.3 is 5.97 Å². The lowest BCUT2D eigenvalue weighted by molar-refractivity contribution is -0.136. The van der Waals surface area contributed by atoms with Crippen molar-refractivity contribution >= 4 is 45.0 Å². The molecule has 1 saturated heterocycles. The number of nitrogens with zero attached hydrogens (tertiary/aromatic N) is 3. The summed E-state index contributed by atoms with van der Waals surface area (Å²) in [6.07, 6.45) is 0.354. The second-order valence-corrected chi connectivity index (χ2v) is 7.35. The normalized spacial score (nSPS) is 16.4. The van der Waals surface area contributed by atoms with Crippen molar-refractivity contribution in [2.24, 2.45) is 0 Å². The molecule has 3 aromatic rings. The second-order valence-electron chi connectivity index (χ2n) is 6.46. The monoisotopic (exact) mass is 390 g/mol. The topological polar surface area (TPSA) is 78.4 Å². The van der Waals surface area contributed by atoms with Crippen LogP contribution in [0.4, 0.5) is 26.2 Å². The van der Waals surface area contributed by atoms with Gasteiger partial charge in [0.05, 0.1) is 11.8 Å². The number of nitrogens with one attached hydrogen (secondary N) is 1. The lowest BCUT2D eigenvalue weighted by Crippen LogP contribution is -2.46.